The van der Waals surface area contributed by atoms with Crippen LogP contribution in [0.25, 0.3) is 10.4 Å². The lowest BCUT2D eigenvalue weighted by atomic mass is 10.1. The van der Waals surface area contributed by atoms with Crippen LogP contribution in [-0.2, 0) is 0 Å². The van der Waals surface area contributed by atoms with E-state index in [9.17, 15) is 4.79 Å². The molecular weight excluding hydrogens is 278 g/mol. The van der Waals surface area contributed by atoms with Crippen LogP contribution in [0.15, 0.2) is 18.2 Å². The molecule has 2 aromatic rings. The van der Waals surface area contributed by atoms with Gasteiger partial charge in [-0.15, -0.1) is 11.3 Å². The van der Waals surface area contributed by atoms with E-state index in [1.54, 1.807) is 0 Å². The van der Waals surface area contributed by atoms with Crippen LogP contribution in [0.1, 0.15) is 15.2 Å². The molecule has 0 aliphatic carbocycles. The van der Waals surface area contributed by atoms with Gasteiger partial charge in [-0.05, 0) is 36.2 Å². The highest BCUT2D eigenvalue weighted by Gasteiger charge is 2.20. The van der Waals surface area contributed by atoms with Crippen LogP contribution in [0.4, 0.5) is 5.69 Å². The second-order valence-corrected chi connectivity index (χ2v) is 5.48. The Kier molecular flexibility index (Phi) is 3.02. The van der Waals surface area contributed by atoms with Crippen molar-refractivity contribution in [3.8, 4) is 21.9 Å². The first-order valence-corrected chi connectivity index (χ1v) is 6.91. The van der Waals surface area contributed by atoms with Crippen molar-refractivity contribution in [3.05, 3.63) is 28.6 Å². The van der Waals surface area contributed by atoms with Crippen LogP contribution in [0.5, 0.6) is 11.5 Å². The standard InChI is InChI=1S/C14H13NO4S/c1-7-11(15)13(14(16)17)20-12(7)8-2-3-9-10(6-8)19-5-4-18-9/h2-3,6H,4-5,15H2,1H3,(H,16,17). The Morgan fingerprint density at radius 2 is 2.00 bits per heavy atom. The van der Waals surface area contributed by atoms with E-state index in [1.165, 1.54) is 11.3 Å². The Morgan fingerprint density at radius 1 is 1.30 bits per heavy atom. The Labute approximate surface area is 119 Å². The number of nitrogen functional groups attached to an aromatic ring is 1. The summed E-state index contributed by atoms with van der Waals surface area (Å²) < 4.78 is 11.0. The number of benzene rings is 1. The third-order valence-electron chi connectivity index (χ3n) is 3.19. The molecule has 6 heteroatoms. The number of anilines is 1. The van der Waals surface area contributed by atoms with E-state index < -0.39 is 5.97 Å². The normalized spacial score (nSPS) is 13.2. The summed E-state index contributed by atoms with van der Waals surface area (Å²) in [6.45, 7) is 2.88. The van der Waals surface area contributed by atoms with E-state index in [4.69, 9.17) is 20.3 Å². The first-order chi connectivity index (χ1) is 9.58. The molecule has 1 aliphatic rings. The van der Waals surface area contributed by atoms with Crippen molar-refractivity contribution in [2.24, 2.45) is 0 Å². The van der Waals surface area contributed by atoms with Gasteiger partial charge in [-0.3, -0.25) is 0 Å². The molecule has 1 aliphatic heterocycles. The fourth-order valence-electron chi connectivity index (χ4n) is 2.15. The van der Waals surface area contributed by atoms with Gasteiger partial charge in [0, 0.05) is 4.88 Å². The third kappa shape index (κ3) is 1.98. The molecule has 3 N–H and O–H groups in total. The Bertz CT molecular complexity index is 693. The molecule has 3 rings (SSSR count). The van der Waals surface area contributed by atoms with Gasteiger partial charge in [-0.2, -0.15) is 0 Å². The highest BCUT2D eigenvalue weighted by molar-refractivity contribution is 7.18. The second kappa shape index (κ2) is 4.72. The van der Waals surface area contributed by atoms with Gasteiger partial charge in [0.15, 0.2) is 11.5 Å². The van der Waals surface area contributed by atoms with E-state index in [-0.39, 0.29) is 4.88 Å². The summed E-state index contributed by atoms with van der Waals surface area (Å²) in [6.07, 6.45) is 0. The van der Waals surface area contributed by atoms with Crippen molar-refractivity contribution < 1.29 is 19.4 Å². The van der Waals surface area contributed by atoms with Crippen molar-refractivity contribution in [1.29, 1.82) is 0 Å². The molecule has 1 aromatic heterocycles. The van der Waals surface area contributed by atoms with Gasteiger partial charge in [-0.1, -0.05) is 0 Å². The maximum absolute atomic E-state index is 11.1. The number of rotatable bonds is 2. The summed E-state index contributed by atoms with van der Waals surface area (Å²) in [5.41, 5.74) is 7.85. The van der Waals surface area contributed by atoms with Crippen molar-refractivity contribution in [2.45, 2.75) is 6.92 Å². The number of thiophene rings is 1. The lowest BCUT2D eigenvalue weighted by Crippen LogP contribution is -2.15. The number of carboxylic acid groups (broad SMARTS) is 1. The molecule has 5 nitrogen and oxygen atoms in total. The highest BCUT2D eigenvalue weighted by atomic mass is 32.1. The molecular formula is C14H13NO4S. The van der Waals surface area contributed by atoms with Crippen molar-refractivity contribution in [2.75, 3.05) is 18.9 Å². The number of carboxylic acids is 1. The predicted octanol–water partition coefficient (Wildman–Crippen LogP) is 2.78. The maximum Gasteiger partial charge on any atom is 0.348 e. The molecule has 0 radical (unpaired) electrons. The second-order valence-electron chi connectivity index (χ2n) is 4.46. The zero-order valence-corrected chi connectivity index (χ0v) is 11.6. The molecule has 2 heterocycles. The van der Waals surface area contributed by atoms with Crippen LogP contribution in [-0.4, -0.2) is 24.3 Å². The molecule has 0 saturated carbocycles. The lowest BCUT2D eigenvalue weighted by Gasteiger charge is -2.18. The average molecular weight is 291 g/mol. The predicted molar refractivity (Wildman–Crippen MR) is 76.9 cm³/mol. The number of ether oxygens (including phenoxy) is 2. The largest absolute Gasteiger partial charge is 0.486 e. The maximum atomic E-state index is 11.1. The molecule has 20 heavy (non-hydrogen) atoms. The van der Waals surface area contributed by atoms with E-state index in [0.717, 1.165) is 16.0 Å². The Hall–Kier alpha value is -2.21. The van der Waals surface area contributed by atoms with Gasteiger partial charge in [0.1, 0.15) is 18.1 Å². The van der Waals surface area contributed by atoms with Crippen LogP contribution in [0.3, 0.4) is 0 Å². The molecule has 0 spiro atoms. The molecule has 0 unspecified atom stereocenters. The number of hydrogen-bond acceptors (Lipinski definition) is 5. The quantitative estimate of drug-likeness (QED) is 0.889. The zero-order chi connectivity index (χ0) is 14.3. The van der Waals surface area contributed by atoms with Gasteiger partial charge in [-0.25, -0.2) is 4.79 Å². The molecule has 0 bridgehead atoms. The monoisotopic (exact) mass is 291 g/mol. The zero-order valence-electron chi connectivity index (χ0n) is 10.8. The number of aromatic carboxylic acids is 1. The summed E-state index contributed by atoms with van der Waals surface area (Å²) in [6, 6.07) is 5.58. The minimum atomic E-state index is -1.00. The van der Waals surface area contributed by atoms with E-state index in [1.807, 2.05) is 25.1 Å². The summed E-state index contributed by atoms with van der Waals surface area (Å²) >= 11 is 1.18. The van der Waals surface area contributed by atoms with Gasteiger partial charge in [0.05, 0.1) is 5.69 Å². The smallest absolute Gasteiger partial charge is 0.348 e. The SMILES string of the molecule is Cc1c(-c2ccc3c(c2)OCCO3)sc(C(=O)O)c1N. The van der Waals surface area contributed by atoms with Crippen molar-refractivity contribution >= 4 is 23.0 Å². The van der Waals surface area contributed by atoms with Gasteiger partial charge >= 0.3 is 5.97 Å². The van der Waals surface area contributed by atoms with Gasteiger partial charge in [0.2, 0.25) is 0 Å². The minimum Gasteiger partial charge on any atom is -0.486 e. The van der Waals surface area contributed by atoms with Crippen LogP contribution in [0.2, 0.25) is 0 Å². The van der Waals surface area contributed by atoms with Crippen LogP contribution in [0, 0.1) is 6.92 Å². The van der Waals surface area contributed by atoms with Crippen molar-refractivity contribution in [3.63, 3.8) is 0 Å². The summed E-state index contributed by atoms with van der Waals surface area (Å²) in [5, 5.41) is 9.13. The third-order valence-corrected chi connectivity index (χ3v) is 4.54. The lowest BCUT2D eigenvalue weighted by molar-refractivity contribution is 0.0703. The van der Waals surface area contributed by atoms with Crippen molar-refractivity contribution in [1.82, 2.24) is 0 Å². The van der Waals surface area contributed by atoms with Gasteiger partial charge in [0.25, 0.3) is 0 Å². The molecule has 0 amide bonds. The molecule has 0 saturated heterocycles. The molecule has 0 atom stereocenters. The number of fused-ring (bicyclic) bond motifs is 1. The fraction of sp³-hybridized carbons (Fsp3) is 0.214. The van der Waals surface area contributed by atoms with Crippen LogP contribution < -0.4 is 15.2 Å². The number of nitrogens with two attached hydrogens (primary N) is 1. The molecule has 1 aromatic carbocycles. The Morgan fingerprint density at radius 3 is 2.65 bits per heavy atom. The molecule has 104 valence electrons. The number of hydrogen-bond donors (Lipinski definition) is 2. The topological polar surface area (TPSA) is 81.8 Å². The summed E-state index contributed by atoms with van der Waals surface area (Å²) in [4.78, 5) is 12.2. The first kappa shape index (κ1) is 12.8. The minimum absolute atomic E-state index is 0.174. The molecule has 0 fully saturated rings. The highest BCUT2D eigenvalue weighted by Crippen LogP contribution is 2.41. The Balaban J connectivity index is 2.09. The van der Waals surface area contributed by atoms with Crippen LogP contribution >= 0.6 is 11.3 Å². The number of carbonyl (C=O) groups is 1. The van der Waals surface area contributed by atoms with Gasteiger partial charge < -0.3 is 20.3 Å². The van der Waals surface area contributed by atoms with E-state index in [0.29, 0.717) is 30.4 Å². The summed E-state index contributed by atoms with van der Waals surface area (Å²) in [7, 11) is 0. The fourth-order valence-corrected chi connectivity index (χ4v) is 3.21. The van der Waals surface area contributed by atoms with E-state index in [2.05, 4.69) is 0 Å². The summed E-state index contributed by atoms with van der Waals surface area (Å²) in [5.74, 6) is 0.386. The first-order valence-electron chi connectivity index (χ1n) is 6.10. The average Bonchev–Trinajstić information content (AvgIpc) is 2.75. The van der Waals surface area contributed by atoms with E-state index >= 15 is 0 Å².